The Bertz CT molecular complexity index is 563. The van der Waals surface area contributed by atoms with Gasteiger partial charge in [-0.15, -0.1) is 0 Å². The Morgan fingerprint density at radius 3 is 2.56 bits per heavy atom. The molecular weight excluding hydrogens is 252 g/mol. The van der Waals surface area contributed by atoms with E-state index in [1.165, 1.54) is 0 Å². The number of benzene rings is 1. The number of hydrogen-bond acceptors (Lipinski definition) is 6. The highest BCUT2D eigenvalue weighted by atomic mass is 32.1. The molecule has 0 amide bonds. The minimum atomic E-state index is -1.20. The molecular formula is C12H11N2O3S-. The number of anilines is 2. The number of carboxylic acids is 1. The quantitative estimate of drug-likeness (QED) is 0.906. The summed E-state index contributed by atoms with van der Waals surface area (Å²) in [5.74, 6) is -0.445. The molecule has 0 bridgehead atoms. The molecule has 0 atom stereocenters. The zero-order valence-corrected chi connectivity index (χ0v) is 10.7. The maximum Gasteiger partial charge on any atom is 0.188 e. The molecule has 2 rings (SSSR count). The molecule has 0 saturated heterocycles. The average molecular weight is 263 g/mol. The number of nitrogens with one attached hydrogen (secondary N) is 1. The highest BCUT2D eigenvalue weighted by Gasteiger charge is 2.08. The number of hydrogen-bond donors (Lipinski definition) is 1. The summed E-state index contributed by atoms with van der Waals surface area (Å²) in [6, 6.07) is 7.27. The van der Waals surface area contributed by atoms with Crippen LogP contribution in [0.2, 0.25) is 0 Å². The second-order valence-corrected chi connectivity index (χ2v) is 4.57. The predicted octanol–water partition coefficient (Wildman–Crippen LogP) is 1.57. The highest BCUT2D eigenvalue weighted by Crippen LogP contribution is 2.26. The topological polar surface area (TPSA) is 74.3 Å². The lowest BCUT2D eigenvalue weighted by molar-refractivity contribution is -0.254. The van der Waals surface area contributed by atoms with Crippen molar-refractivity contribution in [1.29, 1.82) is 0 Å². The van der Waals surface area contributed by atoms with E-state index in [-0.39, 0.29) is 4.88 Å². The van der Waals surface area contributed by atoms with E-state index in [0.717, 1.165) is 22.8 Å². The maximum absolute atomic E-state index is 10.8. The Morgan fingerprint density at radius 2 is 2.06 bits per heavy atom. The second kappa shape index (κ2) is 5.05. The van der Waals surface area contributed by atoms with Gasteiger partial charge in [-0.05, 0) is 31.2 Å². The summed E-state index contributed by atoms with van der Waals surface area (Å²) < 4.78 is 5.05. The second-order valence-electron chi connectivity index (χ2n) is 3.57. The number of aryl methyl sites for hydroxylation is 1. The monoisotopic (exact) mass is 263 g/mol. The van der Waals surface area contributed by atoms with Crippen LogP contribution in [0, 0.1) is 6.92 Å². The van der Waals surface area contributed by atoms with Gasteiger partial charge in [-0.1, -0.05) is 11.3 Å². The van der Waals surface area contributed by atoms with Crippen molar-refractivity contribution >= 4 is 28.1 Å². The molecule has 1 aromatic heterocycles. The molecule has 94 valence electrons. The van der Waals surface area contributed by atoms with Gasteiger partial charge in [0.1, 0.15) is 5.75 Å². The van der Waals surface area contributed by atoms with Crippen LogP contribution < -0.4 is 15.2 Å². The van der Waals surface area contributed by atoms with E-state index in [9.17, 15) is 9.90 Å². The fourth-order valence-corrected chi connectivity index (χ4v) is 2.26. The lowest BCUT2D eigenvalue weighted by Gasteiger charge is -2.03. The summed E-state index contributed by atoms with van der Waals surface area (Å²) in [5, 5.41) is 14.3. The molecule has 0 saturated carbocycles. The van der Waals surface area contributed by atoms with Crippen LogP contribution in [0.25, 0.3) is 0 Å². The van der Waals surface area contributed by atoms with Crippen molar-refractivity contribution in [2.75, 3.05) is 12.4 Å². The molecule has 0 fully saturated rings. The number of carboxylic acid groups (broad SMARTS) is 1. The number of nitrogens with zero attached hydrogens (tertiary/aromatic N) is 1. The molecule has 0 aliphatic carbocycles. The lowest BCUT2D eigenvalue weighted by atomic mass is 10.3. The zero-order valence-electron chi connectivity index (χ0n) is 9.89. The average Bonchev–Trinajstić information content (AvgIpc) is 2.71. The Hall–Kier alpha value is -2.08. The van der Waals surface area contributed by atoms with E-state index >= 15 is 0 Å². The minimum Gasteiger partial charge on any atom is -0.544 e. The maximum atomic E-state index is 10.8. The Labute approximate surface area is 108 Å². The number of ether oxygens (including phenoxy) is 1. The number of thiazole rings is 1. The number of carbonyl (C=O) groups is 1. The Morgan fingerprint density at radius 1 is 1.39 bits per heavy atom. The molecule has 0 aliphatic heterocycles. The predicted molar refractivity (Wildman–Crippen MR) is 67.5 cm³/mol. The third-order valence-electron chi connectivity index (χ3n) is 2.32. The van der Waals surface area contributed by atoms with Crippen molar-refractivity contribution in [3.8, 4) is 5.75 Å². The lowest BCUT2D eigenvalue weighted by Crippen LogP contribution is -2.21. The molecule has 0 unspecified atom stereocenters. The molecule has 1 heterocycles. The highest BCUT2D eigenvalue weighted by molar-refractivity contribution is 7.17. The molecule has 18 heavy (non-hydrogen) atoms. The van der Waals surface area contributed by atoms with E-state index in [1.807, 2.05) is 24.3 Å². The van der Waals surface area contributed by atoms with Gasteiger partial charge in [0.15, 0.2) is 5.13 Å². The number of methoxy groups -OCH3 is 1. The van der Waals surface area contributed by atoms with Crippen LogP contribution in [0.4, 0.5) is 10.8 Å². The van der Waals surface area contributed by atoms with Crippen LogP contribution >= 0.6 is 11.3 Å². The minimum absolute atomic E-state index is 0.144. The summed E-state index contributed by atoms with van der Waals surface area (Å²) in [5.41, 5.74) is 1.27. The summed E-state index contributed by atoms with van der Waals surface area (Å²) >= 11 is 1.06. The van der Waals surface area contributed by atoms with Crippen LogP contribution in [0.15, 0.2) is 24.3 Å². The third kappa shape index (κ3) is 2.60. The van der Waals surface area contributed by atoms with Gasteiger partial charge in [0.2, 0.25) is 0 Å². The number of aromatic carboxylic acids is 1. The van der Waals surface area contributed by atoms with Crippen LogP contribution in [0.3, 0.4) is 0 Å². The van der Waals surface area contributed by atoms with Gasteiger partial charge in [-0.25, -0.2) is 4.98 Å². The van der Waals surface area contributed by atoms with E-state index in [1.54, 1.807) is 14.0 Å². The molecule has 0 radical (unpaired) electrons. The van der Waals surface area contributed by atoms with E-state index in [4.69, 9.17) is 4.74 Å². The summed E-state index contributed by atoms with van der Waals surface area (Å²) in [6.45, 7) is 1.64. The van der Waals surface area contributed by atoms with Crippen molar-refractivity contribution in [2.45, 2.75) is 6.92 Å². The third-order valence-corrected chi connectivity index (χ3v) is 3.38. The van der Waals surface area contributed by atoms with E-state index in [2.05, 4.69) is 10.3 Å². The fraction of sp³-hybridized carbons (Fsp3) is 0.167. The molecule has 5 nitrogen and oxygen atoms in total. The first-order valence-corrected chi connectivity index (χ1v) is 6.01. The van der Waals surface area contributed by atoms with Gasteiger partial charge in [-0.2, -0.15) is 0 Å². The SMILES string of the molecule is COc1ccc(Nc2nc(C)c(C(=O)[O-])s2)cc1. The fourth-order valence-electron chi connectivity index (χ4n) is 1.44. The van der Waals surface area contributed by atoms with Crippen molar-refractivity contribution in [2.24, 2.45) is 0 Å². The largest absolute Gasteiger partial charge is 0.544 e. The molecule has 0 spiro atoms. The molecule has 0 aliphatic rings. The number of carbonyl (C=O) groups excluding carboxylic acids is 1. The molecule has 1 aromatic carbocycles. The number of aromatic nitrogens is 1. The smallest absolute Gasteiger partial charge is 0.188 e. The van der Waals surface area contributed by atoms with Gasteiger partial charge in [0.05, 0.1) is 23.7 Å². The molecule has 6 heteroatoms. The standard InChI is InChI=1S/C12H12N2O3S/c1-7-10(11(15)16)18-12(13-7)14-8-3-5-9(17-2)6-4-8/h3-6H,1-2H3,(H,13,14)(H,15,16)/p-1. The molecule has 2 aromatic rings. The van der Waals surface area contributed by atoms with E-state index < -0.39 is 5.97 Å². The van der Waals surface area contributed by atoms with Crippen molar-refractivity contribution in [3.05, 3.63) is 34.8 Å². The van der Waals surface area contributed by atoms with Crippen molar-refractivity contribution in [3.63, 3.8) is 0 Å². The van der Waals surface area contributed by atoms with Crippen molar-refractivity contribution < 1.29 is 14.6 Å². The first-order chi connectivity index (χ1) is 8.60. The summed E-state index contributed by atoms with van der Waals surface area (Å²) in [7, 11) is 1.60. The summed E-state index contributed by atoms with van der Waals surface area (Å²) in [6.07, 6.45) is 0. The summed E-state index contributed by atoms with van der Waals surface area (Å²) in [4.78, 5) is 15.1. The van der Waals surface area contributed by atoms with Gasteiger partial charge in [0.25, 0.3) is 0 Å². The van der Waals surface area contributed by atoms with Crippen LogP contribution in [0.5, 0.6) is 5.75 Å². The van der Waals surface area contributed by atoms with Crippen LogP contribution in [0.1, 0.15) is 15.4 Å². The van der Waals surface area contributed by atoms with Crippen LogP contribution in [-0.2, 0) is 0 Å². The van der Waals surface area contributed by atoms with Gasteiger partial charge in [0, 0.05) is 5.69 Å². The van der Waals surface area contributed by atoms with Gasteiger partial charge >= 0.3 is 0 Å². The first-order valence-electron chi connectivity index (χ1n) is 5.20. The van der Waals surface area contributed by atoms with Gasteiger partial charge in [-0.3, -0.25) is 0 Å². The first kappa shape index (κ1) is 12.4. The Kier molecular flexibility index (Phi) is 3.47. The van der Waals surface area contributed by atoms with E-state index in [0.29, 0.717) is 10.8 Å². The normalized spacial score (nSPS) is 10.1. The number of rotatable bonds is 4. The van der Waals surface area contributed by atoms with Gasteiger partial charge < -0.3 is 20.0 Å². The van der Waals surface area contributed by atoms with Crippen LogP contribution in [-0.4, -0.2) is 18.1 Å². The zero-order chi connectivity index (χ0) is 13.1. The van der Waals surface area contributed by atoms with Crippen molar-refractivity contribution in [1.82, 2.24) is 4.98 Å². The molecule has 1 N–H and O–H groups in total. The Balaban J connectivity index is 2.18.